The van der Waals surface area contributed by atoms with E-state index >= 15 is 0 Å². The highest BCUT2D eigenvalue weighted by Gasteiger charge is 2.30. The fourth-order valence-corrected chi connectivity index (χ4v) is 1.98. The monoisotopic (exact) mass is 263 g/mol. The molecule has 0 spiro atoms. The Morgan fingerprint density at radius 2 is 2.00 bits per heavy atom. The summed E-state index contributed by atoms with van der Waals surface area (Å²) in [5, 5.41) is 9.10. The van der Waals surface area contributed by atoms with Gasteiger partial charge in [-0.25, -0.2) is 4.79 Å². The minimum absolute atomic E-state index is 0.241. The van der Waals surface area contributed by atoms with Crippen LogP contribution in [-0.4, -0.2) is 21.8 Å². The second-order valence-corrected chi connectivity index (χ2v) is 4.65. The van der Waals surface area contributed by atoms with Crippen molar-refractivity contribution in [1.29, 1.82) is 0 Å². The van der Waals surface area contributed by atoms with E-state index in [1.165, 1.54) is 18.2 Å². The van der Waals surface area contributed by atoms with Gasteiger partial charge >= 0.3 is 11.7 Å². The normalized spacial score (nSPS) is 12.8. The lowest BCUT2D eigenvalue weighted by Crippen LogP contribution is -2.28. The van der Waals surface area contributed by atoms with Crippen LogP contribution in [0.15, 0.2) is 27.4 Å². The maximum Gasteiger partial charge on any atom is 0.417 e. The van der Waals surface area contributed by atoms with Crippen molar-refractivity contribution in [3.63, 3.8) is 0 Å². The number of fused-ring (bicyclic) bond motifs is 1. The molecule has 1 heterocycles. The smallest absolute Gasteiger partial charge is 0.417 e. The number of H-pyrrole nitrogens is 1. The van der Waals surface area contributed by atoms with Gasteiger partial charge in [-0.1, -0.05) is 13.8 Å². The standard InChI is InChI=1S/C13H13NO5/c1-6(2)10(12(16)17)11(15)7-3-4-9-8(5-7)14-13(18)19-9/h3-6,10H,1-2H3,(H,14,18)(H,16,17). The Morgan fingerprint density at radius 1 is 1.32 bits per heavy atom. The average Bonchev–Trinajstić information content (AvgIpc) is 2.66. The van der Waals surface area contributed by atoms with Crippen LogP contribution in [0.3, 0.4) is 0 Å². The zero-order chi connectivity index (χ0) is 14.2. The van der Waals surface area contributed by atoms with E-state index in [0.29, 0.717) is 11.1 Å². The SMILES string of the molecule is CC(C)C(C(=O)O)C(=O)c1ccc2oc(=O)[nH]c2c1. The van der Waals surface area contributed by atoms with E-state index in [1.807, 2.05) is 0 Å². The van der Waals surface area contributed by atoms with Crippen LogP contribution in [0.1, 0.15) is 24.2 Å². The van der Waals surface area contributed by atoms with Crippen LogP contribution in [0.2, 0.25) is 0 Å². The number of carboxylic acid groups (broad SMARTS) is 1. The summed E-state index contributed by atoms with van der Waals surface area (Å²) in [6.45, 7) is 3.35. The molecule has 1 aromatic carbocycles. The molecule has 0 radical (unpaired) electrons. The lowest BCUT2D eigenvalue weighted by Gasteiger charge is -2.14. The minimum Gasteiger partial charge on any atom is -0.481 e. The lowest BCUT2D eigenvalue weighted by atomic mass is 9.88. The molecule has 0 fully saturated rings. The molecule has 0 aliphatic rings. The summed E-state index contributed by atoms with van der Waals surface area (Å²) in [5.41, 5.74) is 0.951. The molecule has 0 amide bonds. The molecule has 0 aliphatic heterocycles. The van der Waals surface area contributed by atoms with Gasteiger partial charge in [0.05, 0.1) is 5.52 Å². The van der Waals surface area contributed by atoms with Gasteiger partial charge in [-0.2, -0.15) is 0 Å². The molecule has 0 aliphatic carbocycles. The number of carbonyl (C=O) groups is 2. The molecule has 6 heteroatoms. The van der Waals surface area contributed by atoms with Crippen LogP contribution in [0, 0.1) is 11.8 Å². The van der Waals surface area contributed by atoms with Gasteiger partial charge in [0.15, 0.2) is 11.4 Å². The molecule has 0 bridgehead atoms. The molecular formula is C13H13NO5. The Bertz CT molecular complexity index is 694. The fraction of sp³-hybridized carbons (Fsp3) is 0.308. The maximum atomic E-state index is 12.2. The van der Waals surface area contributed by atoms with Gasteiger partial charge in [0.25, 0.3) is 0 Å². The first-order chi connectivity index (χ1) is 8.90. The van der Waals surface area contributed by atoms with Gasteiger partial charge in [0, 0.05) is 5.56 Å². The molecule has 2 aromatic rings. The zero-order valence-corrected chi connectivity index (χ0v) is 10.5. The maximum absolute atomic E-state index is 12.2. The third-order valence-corrected chi connectivity index (χ3v) is 2.92. The van der Waals surface area contributed by atoms with Crippen LogP contribution in [-0.2, 0) is 4.79 Å². The van der Waals surface area contributed by atoms with Crippen molar-refractivity contribution in [1.82, 2.24) is 4.98 Å². The van der Waals surface area contributed by atoms with E-state index in [4.69, 9.17) is 9.52 Å². The molecule has 1 aromatic heterocycles. The number of ketones is 1. The molecule has 2 N–H and O–H groups in total. The average molecular weight is 263 g/mol. The van der Waals surface area contributed by atoms with Crippen LogP contribution >= 0.6 is 0 Å². The number of hydrogen-bond acceptors (Lipinski definition) is 4. The second kappa shape index (κ2) is 4.72. The Balaban J connectivity index is 2.45. The highest BCUT2D eigenvalue weighted by atomic mass is 16.4. The van der Waals surface area contributed by atoms with Crippen molar-refractivity contribution in [3.05, 3.63) is 34.3 Å². The van der Waals surface area contributed by atoms with Gasteiger partial charge in [-0.05, 0) is 24.1 Å². The second-order valence-electron chi connectivity index (χ2n) is 4.65. The summed E-state index contributed by atoms with van der Waals surface area (Å²) in [5.74, 6) is -3.66. The molecule has 2 rings (SSSR count). The molecule has 100 valence electrons. The van der Waals surface area contributed by atoms with Gasteiger partial charge < -0.3 is 9.52 Å². The Kier molecular flexibility index (Phi) is 3.25. The molecule has 0 saturated carbocycles. The zero-order valence-electron chi connectivity index (χ0n) is 10.5. The number of hydrogen-bond donors (Lipinski definition) is 2. The van der Waals surface area contributed by atoms with E-state index in [9.17, 15) is 14.4 Å². The predicted octanol–water partition coefficient (Wildman–Crippen LogP) is 1.66. The van der Waals surface area contributed by atoms with Crippen LogP contribution in [0.25, 0.3) is 11.1 Å². The molecule has 6 nitrogen and oxygen atoms in total. The molecule has 0 saturated heterocycles. The summed E-state index contributed by atoms with van der Waals surface area (Å²) in [6, 6.07) is 4.36. The lowest BCUT2D eigenvalue weighted by molar-refractivity contribution is -0.141. The highest BCUT2D eigenvalue weighted by molar-refractivity contribution is 6.09. The van der Waals surface area contributed by atoms with Crippen molar-refractivity contribution in [2.75, 3.05) is 0 Å². The first-order valence-electron chi connectivity index (χ1n) is 5.80. The number of carbonyl (C=O) groups excluding carboxylic acids is 1. The summed E-state index contributed by atoms with van der Waals surface area (Å²) in [6.07, 6.45) is 0. The molecule has 1 atom stereocenters. The number of rotatable bonds is 4. The van der Waals surface area contributed by atoms with Crippen LogP contribution in [0.4, 0.5) is 0 Å². The van der Waals surface area contributed by atoms with Gasteiger partial charge in [-0.15, -0.1) is 0 Å². The predicted molar refractivity (Wildman–Crippen MR) is 67.1 cm³/mol. The summed E-state index contributed by atoms with van der Waals surface area (Å²) < 4.78 is 4.82. The summed E-state index contributed by atoms with van der Waals surface area (Å²) in [7, 11) is 0. The first-order valence-corrected chi connectivity index (χ1v) is 5.80. The number of Topliss-reactive ketones (excluding diaryl/α,β-unsaturated/α-hetero) is 1. The fourth-order valence-electron chi connectivity index (χ4n) is 1.98. The van der Waals surface area contributed by atoms with E-state index in [-0.39, 0.29) is 11.5 Å². The van der Waals surface area contributed by atoms with Crippen LogP contribution in [0.5, 0.6) is 0 Å². The van der Waals surface area contributed by atoms with E-state index in [1.54, 1.807) is 13.8 Å². The Labute approximate surface area is 108 Å². The summed E-state index contributed by atoms with van der Waals surface area (Å²) >= 11 is 0. The Morgan fingerprint density at radius 3 is 2.58 bits per heavy atom. The number of oxazole rings is 1. The molecular weight excluding hydrogens is 250 g/mol. The summed E-state index contributed by atoms with van der Waals surface area (Å²) in [4.78, 5) is 36.7. The highest BCUT2D eigenvalue weighted by Crippen LogP contribution is 2.20. The van der Waals surface area contributed by atoms with Crippen molar-refractivity contribution in [2.24, 2.45) is 11.8 Å². The molecule has 19 heavy (non-hydrogen) atoms. The molecule has 1 unspecified atom stereocenters. The van der Waals surface area contributed by atoms with Gasteiger partial charge in [0.1, 0.15) is 5.92 Å². The number of aromatic amines is 1. The van der Waals surface area contributed by atoms with Gasteiger partial charge in [-0.3, -0.25) is 14.6 Å². The third-order valence-electron chi connectivity index (χ3n) is 2.92. The number of nitrogens with one attached hydrogen (secondary N) is 1. The minimum atomic E-state index is -1.15. The number of benzene rings is 1. The van der Waals surface area contributed by atoms with Crippen LogP contribution < -0.4 is 5.76 Å². The van der Waals surface area contributed by atoms with Gasteiger partial charge in [0.2, 0.25) is 0 Å². The number of aromatic nitrogens is 1. The van der Waals surface area contributed by atoms with Crippen molar-refractivity contribution >= 4 is 22.9 Å². The topological polar surface area (TPSA) is 100 Å². The largest absolute Gasteiger partial charge is 0.481 e. The van der Waals surface area contributed by atoms with E-state index in [0.717, 1.165) is 0 Å². The van der Waals surface area contributed by atoms with Crippen molar-refractivity contribution in [3.8, 4) is 0 Å². The van der Waals surface area contributed by atoms with Crippen molar-refractivity contribution < 1.29 is 19.1 Å². The quantitative estimate of drug-likeness (QED) is 0.645. The van der Waals surface area contributed by atoms with Crippen molar-refractivity contribution in [2.45, 2.75) is 13.8 Å². The first kappa shape index (κ1) is 13.1. The third kappa shape index (κ3) is 2.42. The van der Waals surface area contributed by atoms with E-state index < -0.39 is 23.4 Å². The van der Waals surface area contributed by atoms with E-state index in [2.05, 4.69) is 4.98 Å². The number of carboxylic acids is 1. The Hall–Kier alpha value is -2.37. The number of aliphatic carboxylic acids is 1.